The van der Waals surface area contributed by atoms with Crippen LogP contribution in [0.15, 0.2) is 84.4 Å². The lowest BCUT2D eigenvalue weighted by Crippen LogP contribution is -2.25. The number of non-ortho nitro benzene ring substituents is 1. The van der Waals surface area contributed by atoms with E-state index in [0.717, 1.165) is 16.8 Å². The van der Waals surface area contributed by atoms with Gasteiger partial charge in [-0.1, -0.05) is 29.8 Å². The van der Waals surface area contributed by atoms with Crippen LogP contribution in [-0.4, -0.2) is 16.7 Å². The Balaban J connectivity index is 1.74. The standard InChI is InChI=1S/C26H21N3O4/c1-17-3-7-20(8-4-17)25-16-21(15-19-5-11-24(12-6-19)29(32)33)26(31)28(25)23-13-9-22(10-14-23)27-18(2)30/h3-16H,1-2H3,(H,27,30)/b21-15+. The first-order chi connectivity index (χ1) is 15.8. The number of nitro benzene ring substituents is 1. The molecule has 1 heterocycles. The van der Waals surface area contributed by atoms with Crippen LogP contribution < -0.4 is 10.2 Å². The molecule has 1 N–H and O–H groups in total. The summed E-state index contributed by atoms with van der Waals surface area (Å²) in [4.78, 5) is 36.8. The minimum atomic E-state index is -0.459. The van der Waals surface area contributed by atoms with E-state index in [1.807, 2.05) is 37.3 Å². The predicted molar refractivity (Wildman–Crippen MR) is 128 cm³/mol. The Kier molecular flexibility index (Phi) is 5.87. The van der Waals surface area contributed by atoms with Gasteiger partial charge in [0.25, 0.3) is 11.6 Å². The zero-order chi connectivity index (χ0) is 23.5. The van der Waals surface area contributed by atoms with E-state index in [2.05, 4.69) is 5.32 Å². The fraction of sp³-hybridized carbons (Fsp3) is 0.0769. The highest BCUT2D eigenvalue weighted by Gasteiger charge is 2.30. The van der Waals surface area contributed by atoms with Crippen molar-refractivity contribution in [1.29, 1.82) is 0 Å². The summed E-state index contributed by atoms with van der Waals surface area (Å²) >= 11 is 0. The van der Waals surface area contributed by atoms with E-state index in [4.69, 9.17) is 0 Å². The van der Waals surface area contributed by atoms with E-state index in [1.54, 1.807) is 47.4 Å². The van der Waals surface area contributed by atoms with Gasteiger partial charge in [-0.25, -0.2) is 0 Å². The van der Waals surface area contributed by atoms with E-state index in [-0.39, 0.29) is 17.5 Å². The summed E-state index contributed by atoms with van der Waals surface area (Å²) in [5.41, 5.74) is 5.15. The molecular formula is C26H21N3O4. The number of nitro groups is 1. The van der Waals surface area contributed by atoms with Crippen LogP contribution in [0.5, 0.6) is 0 Å². The number of benzene rings is 3. The Bertz CT molecular complexity index is 1290. The minimum Gasteiger partial charge on any atom is -0.326 e. The Morgan fingerprint density at radius 3 is 2.18 bits per heavy atom. The SMILES string of the molecule is CC(=O)Nc1ccc(N2C(=O)/C(=C/c3ccc([N+](=O)[O-])cc3)C=C2c2ccc(C)cc2)cc1. The van der Waals surface area contributed by atoms with Crippen LogP contribution in [0.25, 0.3) is 11.8 Å². The number of aryl methyl sites for hydroxylation is 1. The van der Waals surface area contributed by atoms with E-state index in [0.29, 0.717) is 22.5 Å². The van der Waals surface area contributed by atoms with E-state index in [1.165, 1.54) is 19.1 Å². The fourth-order valence-electron chi connectivity index (χ4n) is 3.58. The van der Waals surface area contributed by atoms with Crippen LogP contribution in [0.4, 0.5) is 17.1 Å². The van der Waals surface area contributed by atoms with Crippen molar-refractivity contribution in [3.05, 3.63) is 111 Å². The number of anilines is 2. The maximum atomic E-state index is 13.4. The highest BCUT2D eigenvalue weighted by Crippen LogP contribution is 2.36. The van der Waals surface area contributed by atoms with Gasteiger partial charge in [0.2, 0.25) is 5.91 Å². The second-order valence-corrected chi connectivity index (χ2v) is 7.71. The van der Waals surface area contributed by atoms with Crippen molar-refractivity contribution in [2.45, 2.75) is 13.8 Å². The van der Waals surface area contributed by atoms with Gasteiger partial charge in [-0.2, -0.15) is 0 Å². The summed E-state index contributed by atoms with van der Waals surface area (Å²) in [6, 6.07) is 21.0. The summed E-state index contributed by atoms with van der Waals surface area (Å²) in [6.45, 7) is 3.43. The monoisotopic (exact) mass is 439 g/mol. The number of nitrogens with one attached hydrogen (secondary N) is 1. The second kappa shape index (κ2) is 8.92. The Labute approximate surface area is 190 Å². The molecule has 1 aliphatic rings. The zero-order valence-corrected chi connectivity index (χ0v) is 18.1. The summed E-state index contributed by atoms with van der Waals surface area (Å²) in [7, 11) is 0. The van der Waals surface area contributed by atoms with Crippen LogP contribution in [0.1, 0.15) is 23.6 Å². The number of hydrogen-bond donors (Lipinski definition) is 1. The number of carbonyl (C=O) groups is 2. The molecule has 0 unspecified atom stereocenters. The lowest BCUT2D eigenvalue weighted by molar-refractivity contribution is -0.384. The molecule has 33 heavy (non-hydrogen) atoms. The number of carbonyl (C=O) groups excluding carboxylic acids is 2. The molecule has 0 bridgehead atoms. The number of amides is 2. The lowest BCUT2D eigenvalue weighted by Gasteiger charge is -2.21. The summed E-state index contributed by atoms with van der Waals surface area (Å²) in [6.07, 6.45) is 3.53. The highest BCUT2D eigenvalue weighted by atomic mass is 16.6. The molecular weight excluding hydrogens is 418 g/mol. The lowest BCUT2D eigenvalue weighted by atomic mass is 10.1. The summed E-state index contributed by atoms with van der Waals surface area (Å²) < 4.78 is 0. The third-order valence-corrected chi connectivity index (χ3v) is 5.20. The van der Waals surface area contributed by atoms with Crippen molar-refractivity contribution in [2.75, 3.05) is 10.2 Å². The van der Waals surface area contributed by atoms with Crippen LogP contribution in [0.3, 0.4) is 0 Å². The first-order valence-corrected chi connectivity index (χ1v) is 10.3. The largest absolute Gasteiger partial charge is 0.326 e. The normalized spacial score (nSPS) is 14.4. The van der Waals surface area contributed by atoms with Gasteiger partial charge in [0.15, 0.2) is 0 Å². The third kappa shape index (κ3) is 4.72. The van der Waals surface area contributed by atoms with Crippen molar-refractivity contribution in [1.82, 2.24) is 0 Å². The minimum absolute atomic E-state index is 0.00771. The Morgan fingerprint density at radius 1 is 0.970 bits per heavy atom. The molecule has 0 radical (unpaired) electrons. The molecule has 164 valence electrons. The Hall–Kier alpha value is -4.52. The average molecular weight is 439 g/mol. The van der Waals surface area contributed by atoms with Gasteiger partial charge in [0.1, 0.15) is 0 Å². The molecule has 0 saturated carbocycles. The maximum absolute atomic E-state index is 13.4. The van der Waals surface area contributed by atoms with E-state index in [9.17, 15) is 19.7 Å². The van der Waals surface area contributed by atoms with Gasteiger partial charge in [0, 0.05) is 36.0 Å². The number of rotatable bonds is 5. The quantitative estimate of drug-likeness (QED) is 0.330. The van der Waals surface area contributed by atoms with Gasteiger partial charge in [-0.15, -0.1) is 0 Å². The van der Waals surface area contributed by atoms with Crippen LogP contribution >= 0.6 is 0 Å². The van der Waals surface area contributed by atoms with Crippen molar-refractivity contribution in [2.24, 2.45) is 0 Å². The Morgan fingerprint density at radius 2 is 1.61 bits per heavy atom. The first kappa shape index (κ1) is 21.7. The topological polar surface area (TPSA) is 92.6 Å². The number of hydrogen-bond acceptors (Lipinski definition) is 4. The second-order valence-electron chi connectivity index (χ2n) is 7.71. The first-order valence-electron chi connectivity index (χ1n) is 10.3. The fourth-order valence-corrected chi connectivity index (χ4v) is 3.58. The van der Waals surface area contributed by atoms with Crippen LogP contribution in [0.2, 0.25) is 0 Å². The predicted octanol–water partition coefficient (Wildman–Crippen LogP) is 5.33. The molecule has 0 spiro atoms. The summed E-state index contributed by atoms with van der Waals surface area (Å²) in [5.74, 6) is -0.384. The van der Waals surface area contributed by atoms with E-state index < -0.39 is 4.92 Å². The molecule has 0 saturated heterocycles. The maximum Gasteiger partial charge on any atom is 0.269 e. The summed E-state index contributed by atoms with van der Waals surface area (Å²) in [5, 5.41) is 13.6. The molecule has 0 fully saturated rings. The van der Waals surface area contributed by atoms with Gasteiger partial charge in [0.05, 0.1) is 10.6 Å². The van der Waals surface area contributed by atoms with Crippen molar-refractivity contribution in [3.63, 3.8) is 0 Å². The molecule has 1 aliphatic heterocycles. The molecule has 0 aliphatic carbocycles. The van der Waals surface area contributed by atoms with Crippen molar-refractivity contribution >= 4 is 40.6 Å². The highest BCUT2D eigenvalue weighted by molar-refractivity contribution is 6.23. The van der Waals surface area contributed by atoms with Crippen molar-refractivity contribution in [3.8, 4) is 0 Å². The van der Waals surface area contributed by atoms with Gasteiger partial charge < -0.3 is 5.32 Å². The molecule has 7 nitrogen and oxygen atoms in total. The van der Waals surface area contributed by atoms with Crippen LogP contribution in [0, 0.1) is 17.0 Å². The number of nitrogens with zero attached hydrogens (tertiary/aromatic N) is 2. The molecule has 7 heteroatoms. The molecule has 4 rings (SSSR count). The van der Waals surface area contributed by atoms with Crippen LogP contribution in [-0.2, 0) is 9.59 Å². The molecule has 3 aromatic rings. The van der Waals surface area contributed by atoms with E-state index >= 15 is 0 Å². The third-order valence-electron chi connectivity index (χ3n) is 5.20. The molecule has 3 aromatic carbocycles. The smallest absolute Gasteiger partial charge is 0.269 e. The zero-order valence-electron chi connectivity index (χ0n) is 18.1. The molecule has 0 aromatic heterocycles. The molecule has 2 amide bonds. The van der Waals surface area contributed by atoms with Gasteiger partial charge >= 0.3 is 0 Å². The van der Waals surface area contributed by atoms with Gasteiger partial charge in [-0.05, 0) is 66.6 Å². The van der Waals surface area contributed by atoms with Gasteiger partial charge in [-0.3, -0.25) is 24.6 Å². The molecule has 0 atom stereocenters. The van der Waals surface area contributed by atoms with Crippen molar-refractivity contribution < 1.29 is 14.5 Å². The average Bonchev–Trinajstić information content (AvgIpc) is 3.11.